The standard InChI is InChI=1S/C25H27N3O5S/c1-17-9-14-22(34(31,32)28-20-10-12-21(33-3)13-11-20)15-23(17)25(30)27-18(2)24(29)26-16-19-7-5-4-6-8-19/h4-15,18,28H,16H2,1-3H3,(H,26,29)(H,27,30). The minimum absolute atomic E-state index is 0.0692. The van der Waals surface area contributed by atoms with E-state index < -0.39 is 22.0 Å². The predicted molar refractivity (Wildman–Crippen MR) is 130 cm³/mol. The molecule has 0 aliphatic heterocycles. The summed E-state index contributed by atoms with van der Waals surface area (Å²) in [5, 5.41) is 5.41. The number of hydrogen-bond donors (Lipinski definition) is 3. The molecule has 0 fully saturated rings. The molecule has 8 nitrogen and oxygen atoms in total. The first kappa shape index (κ1) is 24.8. The van der Waals surface area contributed by atoms with Gasteiger partial charge in [-0.15, -0.1) is 0 Å². The van der Waals surface area contributed by atoms with Crippen LogP contribution in [0.2, 0.25) is 0 Å². The summed E-state index contributed by atoms with van der Waals surface area (Å²) in [6, 6.07) is 19.3. The first-order valence-electron chi connectivity index (χ1n) is 10.6. The summed E-state index contributed by atoms with van der Waals surface area (Å²) >= 11 is 0. The lowest BCUT2D eigenvalue weighted by Crippen LogP contribution is -2.44. The summed E-state index contributed by atoms with van der Waals surface area (Å²) in [6.45, 7) is 3.60. The zero-order valence-electron chi connectivity index (χ0n) is 19.2. The van der Waals surface area contributed by atoms with Crippen LogP contribution < -0.4 is 20.1 Å². The Labute approximate surface area is 199 Å². The summed E-state index contributed by atoms with van der Waals surface area (Å²) < 4.78 is 33.3. The first-order chi connectivity index (χ1) is 16.2. The SMILES string of the molecule is COc1ccc(NS(=O)(=O)c2ccc(C)c(C(=O)NC(C)C(=O)NCc3ccccc3)c2)cc1. The maximum absolute atomic E-state index is 12.9. The maximum Gasteiger partial charge on any atom is 0.261 e. The summed E-state index contributed by atoms with van der Waals surface area (Å²) in [5.41, 5.74) is 2.04. The molecule has 178 valence electrons. The van der Waals surface area contributed by atoms with Crippen molar-refractivity contribution in [2.24, 2.45) is 0 Å². The van der Waals surface area contributed by atoms with E-state index in [0.717, 1.165) is 5.56 Å². The van der Waals surface area contributed by atoms with Gasteiger partial charge in [0.1, 0.15) is 11.8 Å². The second-order valence-corrected chi connectivity index (χ2v) is 9.39. The Kier molecular flexibility index (Phi) is 7.91. The number of amides is 2. The molecule has 34 heavy (non-hydrogen) atoms. The van der Waals surface area contributed by atoms with Crippen LogP contribution in [0.1, 0.15) is 28.4 Å². The maximum atomic E-state index is 12.9. The zero-order valence-corrected chi connectivity index (χ0v) is 20.0. The fourth-order valence-electron chi connectivity index (χ4n) is 3.16. The highest BCUT2D eigenvalue weighted by molar-refractivity contribution is 7.92. The second kappa shape index (κ2) is 10.8. The number of rotatable bonds is 9. The Morgan fingerprint density at radius 1 is 0.971 bits per heavy atom. The Balaban J connectivity index is 1.69. The Morgan fingerprint density at radius 3 is 2.29 bits per heavy atom. The molecular formula is C25H27N3O5S. The molecule has 0 saturated carbocycles. The predicted octanol–water partition coefficient (Wildman–Crippen LogP) is 3.24. The van der Waals surface area contributed by atoms with Crippen LogP contribution in [0.25, 0.3) is 0 Å². The van der Waals surface area contributed by atoms with Gasteiger partial charge in [-0.05, 0) is 61.4 Å². The highest BCUT2D eigenvalue weighted by Crippen LogP contribution is 2.21. The average Bonchev–Trinajstić information content (AvgIpc) is 2.83. The van der Waals surface area contributed by atoms with Gasteiger partial charge in [0, 0.05) is 17.8 Å². The van der Waals surface area contributed by atoms with Gasteiger partial charge in [0.05, 0.1) is 12.0 Å². The van der Waals surface area contributed by atoms with Crippen molar-refractivity contribution < 1.29 is 22.7 Å². The molecule has 0 spiro atoms. The smallest absolute Gasteiger partial charge is 0.261 e. The molecule has 3 aromatic rings. The molecule has 3 N–H and O–H groups in total. The van der Waals surface area contributed by atoms with Gasteiger partial charge in [-0.1, -0.05) is 36.4 Å². The number of benzene rings is 3. The second-order valence-electron chi connectivity index (χ2n) is 7.71. The molecule has 0 aromatic heterocycles. The largest absolute Gasteiger partial charge is 0.497 e. The van der Waals surface area contributed by atoms with E-state index in [4.69, 9.17) is 4.74 Å². The molecular weight excluding hydrogens is 454 g/mol. The van der Waals surface area contributed by atoms with E-state index in [2.05, 4.69) is 15.4 Å². The molecule has 1 unspecified atom stereocenters. The van der Waals surface area contributed by atoms with Crippen molar-refractivity contribution in [3.05, 3.63) is 89.5 Å². The zero-order chi connectivity index (χ0) is 24.7. The van der Waals surface area contributed by atoms with E-state index in [9.17, 15) is 18.0 Å². The Bertz CT molecular complexity index is 1260. The van der Waals surface area contributed by atoms with Crippen molar-refractivity contribution in [3.8, 4) is 5.75 Å². The van der Waals surface area contributed by atoms with Gasteiger partial charge in [-0.2, -0.15) is 0 Å². The minimum Gasteiger partial charge on any atom is -0.497 e. The summed E-state index contributed by atoms with van der Waals surface area (Å²) in [4.78, 5) is 25.2. The Hall–Kier alpha value is -3.85. The minimum atomic E-state index is -3.94. The van der Waals surface area contributed by atoms with E-state index >= 15 is 0 Å². The van der Waals surface area contributed by atoms with Crippen molar-refractivity contribution in [2.45, 2.75) is 31.3 Å². The van der Waals surface area contributed by atoms with Gasteiger partial charge in [0.15, 0.2) is 0 Å². The first-order valence-corrected chi connectivity index (χ1v) is 12.1. The normalized spacial score (nSPS) is 11.9. The number of anilines is 1. The topological polar surface area (TPSA) is 114 Å². The number of hydrogen-bond acceptors (Lipinski definition) is 5. The lowest BCUT2D eigenvalue weighted by atomic mass is 10.1. The van der Waals surface area contributed by atoms with E-state index in [1.165, 1.54) is 19.2 Å². The third-order valence-electron chi connectivity index (χ3n) is 5.16. The number of sulfonamides is 1. The Morgan fingerprint density at radius 2 is 1.65 bits per heavy atom. The lowest BCUT2D eigenvalue weighted by molar-refractivity contribution is -0.122. The van der Waals surface area contributed by atoms with Crippen LogP contribution in [0.4, 0.5) is 5.69 Å². The van der Waals surface area contributed by atoms with E-state index in [-0.39, 0.29) is 16.4 Å². The fraction of sp³-hybridized carbons (Fsp3) is 0.200. The number of aryl methyl sites for hydroxylation is 1. The number of carbonyl (C=O) groups excluding carboxylic acids is 2. The van der Waals surface area contributed by atoms with Gasteiger partial charge in [-0.25, -0.2) is 8.42 Å². The van der Waals surface area contributed by atoms with Crippen LogP contribution in [0.5, 0.6) is 5.75 Å². The van der Waals surface area contributed by atoms with Crippen LogP contribution in [-0.2, 0) is 21.4 Å². The van der Waals surface area contributed by atoms with Crippen molar-refractivity contribution in [1.29, 1.82) is 0 Å². The molecule has 3 rings (SSSR count). The van der Waals surface area contributed by atoms with Crippen LogP contribution in [0.15, 0.2) is 77.7 Å². The van der Waals surface area contributed by atoms with Gasteiger partial charge < -0.3 is 15.4 Å². The van der Waals surface area contributed by atoms with Gasteiger partial charge in [0.2, 0.25) is 5.91 Å². The average molecular weight is 482 g/mol. The van der Waals surface area contributed by atoms with Crippen LogP contribution >= 0.6 is 0 Å². The van der Waals surface area contributed by atoms with Crippen LogP contribution in [0.3, 0.4) is 0 Å². The summed E-state index contributed by atoms with van der Waals surface area (Å²) in [5.74, 6) is -0.291. The molecule has 1 atom stereocenters. The number of nitrogens with one attached hydrogen (secondary N) is 3. The quantitative estimate of drug-likeness (QED) is 0.434. The molecule has 0 radical (unpaired) electrons. The molecule has 9 heteroatoms. The van der Waals surface area contributed by atoms with Gasteiger partial charge >= 0.3 is 0 Å². The molecule has 0 bridgehead atoms. The van der Waals surface area contributed by atoms with Gasteiger partial charge in [-0.3, -0.25) is 14.3 Å². The molecule has 0 aliphatic carbocycles. The van der Waals surface area contributed by atoms with E-state index in [0.29, 0.717) is 23.5 Å². The number of methoxy groups -OCH3 is 1. The highest BCUT2D eigenvalue weighted by Gasteiger charge is 2.21. The third kappa shape index (κ3) is 6.35. The van der Waals surface area contributed by atoms with Crippen molar-refractivity contribution in [2.75, 3.05) is 11.8 Å². The monoisotopic (exact) mass is 481 g/mol. The molecule has 2 amide bonds. The van der Waals surface area contributed by atoms with Crippen molar-refractivity contribution in [1.82, 2.24) is 10.6 Å². The van der Waals surface area contributed by atoms with Crippen molar-refractivity contribution >= 4 is 27.5 Å². The highest BCUT2D eigenvalue weighted by atomic mass is 32.2. The van der Waals surface area contributed by atoms with E-state index in [1.807, 2.05) is 30.3 Å². The van der Waals surface area contributed by atoms with Crippen LogP contribution in [-0.4, -0.2) is 33.4 Å². The van der Waals surface area contributed by atoms with Crippen LogP contribution in [0, 0.1) is 6.92 Å². The molecule has 0 saturated heterocycles. The molecule has 0 heterocycles. The van der Waals surface area contributed by atoms with Crippen molar-refractivity contribution in [3.63, 3.8) is 0 Å². The lowest BCUT2D eigenvalue weighted by Gasteiger charge is -2.16. The number of carbonyl (C=O) groups is 2. The molecule has 0 aliphatic rings. The molecule has 3 aromatic carbocycles. The van der Waals surface area contributed by atoms with Gasteiger partial charge in [0.25, 0.3) is 15.9 Å². The fourth-order valence-corrected chi connectivity index (χ4v) is 4.25. The summed E-state index contributed by atoms with van der Waals surface area (Å²) in [7, 11) is -2.42. The third-order valence-corrected chi connectivity index (χ3v) is 6.54. The number of ether oxygens (including phenoxy) is 1. The van der Waals surface area contributed by atoms with E-state index in [1.54, 1.807) is 44.2 Å². The summed E-state index contributed by atoms with van der Waals surface area (Å²) in [6.07, 6.45) is 0.